The maximum Gasteiger partial charge on any atom is 0.114 e. The second kappa shape index (κ2) is 10.8. The van der Waals surface area contributed by atoms with Gasteiger partial charge >= 0.3 is 0 Å². The van der Waals surface area contributed by atoms with Gasteiger partial charge in [0, 0.05) is 20.1 Å². The van der Waals surface area contributed by atoms with Crippen LogP contribution < -0.4 is 0 Å². The van der Waals surface area contributed by atoms with Crippen LogP contribution in [0.5, 0.6) is 0 Å². The first-order valence-corrected chi connectivity index (χ1v) is 8.85. The second-order valence-corrected chi connectivity index (χ2v) is 6.86. The number of methoxy groups -OCH3 is 2. The molecule has 5 N–H and O–H groups in total. The van der Waals surface area contributed by atoms with Crippen molar-refractivity contribution in [3.05, 3.63) is 0 Å². The number of aliphatic hydroxyl groups is 5. The molecule has 0 aliphatic carbocycles. The summed E-state index contributed by atoms with van der Waals surface area (Å²) >= 11 is 0. The van der Waals surface area contributed by atoms with E-state index >= 15 is 0 Å². The van der Waals surface area contributed by atoms with Crippen molar-refractivity contribution in [3.8, 4) is 0 Å². The summed E-state index contributed by atoms with van der Waals surface area (Å²) in [5.74, 6) is 0.246. The third-order valence-electron chi connectivity index (χ3n) is 5.17. The molecule has 0 aromatic carbocycles. The van der Waals surface area contributed by atoms with Crippen LogP contribution in [0, 0.1) is 5.92 Å². The topological polar surface area (TPSA) is 138 Å². The minimum absolute atomic E-state index is 0.0659. The minimum atomic E-state index is -0.985. The molecule has 2 saturated heterocycles. The van der Waals surface area contributed by atoms with E-state index in [-0.39, 0.29) is 31.3 Å². The number of rotatable bonds is 5. The third-order valence-corrected chi connectivity index (χ3v) is 5.17. The summed E-state index contributed by atoms with van der Waals surface area (Å²) in [6, 6.07) is 0. The zero-order valence-electron chi connectivity index (χ0n) is 16.1. The molecule has 0 aromatic heterocycles. The zero-order chi connectivity index (χ0) is 20.0. The van der Waals surface area contributed by atoms with Gasteiger partial charge in [0.2, 0.25) is 0 Å². The minimum Gasteiger partial charge on any atom is -0.394 e. The average molecular weight is 382 g/mol. The Morgan fingerprint density at radius 2 is 1.46 bits per heavy atom. The molecule has 2 heterocycles. The molecule has 2 aliphatic heterocycles. The Labute approximate surface area is 154 Å². The van der Waals surface area contributed by atoms with Gasteiger partial charge in [-0.3, -0.25) is 0 Å². The molecule has 0 radical (unpaired) electrons. The van der Waals surface area contributed by atoms with Crippen LogP contribution in [-0.4, -0.2) is 108 Å². The van der Waals surface area contributed by atoms with E-state index in [0.717, 1.165) is 0 Å². The molecule has 0 saturated carbocycles. The Morgan fingerprint density at radius 1 is 0.885 bits per heavy atom. The number of hydrogen-bond acceptors (Lipinski definition) is 9. The molecule has 0 amide bonds. The van der Waals surface area contributed by atoms with Crippen molar-refractivity contribution < 1.29 is 44.5 Å². The van der Waals surface area contributed by atoms with Crippen LogP contribution in [0.25, 0.3) is 0 Å². The van der Waals surface area contributed by atoms with Gasteiger partial charge in [0.15, 0.2) is 0 Å². The Balaban J connectivity index is 0.000000260. The van der Waals surface area contributed by atoms with E-state index in [1.165, 1.54) is 7.11 Å². The SMILES string of the molecule is COC1[C@H]([C@H](O)CO)O[C@H](C)[C@H]1C.CO[C@@H]1C(O)[C@@H](C)OC(CO)[C@@H]1O. The molecule has 0 aromatic rings. The lowest BCUT2D eigenvalue weighted by Crippen LogP contribution is -2.58. The maximum absolute atomic E-state index is 9.55. The van der Waals surface area contributed by atoms with Crippen LogP contribution in [0.4, 0.5) is 0 Å². The summed E-state index contributed by atoms with van der Waals surface area (Å²) < 4.78 is 20.8. The van der Waals surface area contributed by atoms with Crippen LogP contribution in [0.1, 0.15) is 20.8 Å². The van der Waals surface area contributed by atoms with Gasteiger partial charge in [0.25, 0.3) is 0 Å². The van der Waals surface area contributed by atoms with E-state index < -0.39 is 42.7 Å². The molecule has 2 fully saturated rings. The van der Waals surface area contributed by atoms with Gasteiger partial charge in [-0.05, 0) is 13.8 Å². The number of aliphatic hydroxyl groups excluding tert-OH is 5. The average Bonchev–Trinajstić information content (AvgIpc) is 2.92. The van der Waals surface area contributed by atoms with E-state index in [4.69, 9.17) is 29.2 Å². The fourth-order valence-corrected chi connectivity index (χ4v) is 3.33. The van der Waals surface area contributed by atoms with Gasteiger partial charge in [0.1, 0.15) is 36.6 Å². The highest BCUT2D eigenvalue weighted by Crippen LogP contribution is 2.30. The fourth-order valence-electron chi connectivity index (χ4n) is 3.33. The predicted molar refractivity (Wildman–Crippen MR) is 91.6 cm³/mol. The lowest BCUT2D eigenvalue weighted by Gasteiger charge is -2.40. The van der Waals surface area contributed by atoms with Crippen LogP contribution in [0.15, 0.2) is 0 Å². The third kappa shape index (κ3) is 5.34. The first kappa shape index (κ1) is 23.7. The molecule has 9 heteroatoms. The van der Waals surface area contributed by atoms with Crippen LogP contribution in [-0.2, 0) is 18.9 Å². The van der Waals surface area contributed by atoms with E-state index in [1.807, 2.05) is 13.8 Å². The first-order chi connectivity index (χ1) is 12.2. The summed E-state index contributed by atoms with van der Waals surface area (Å²) in [5, 5.41) is 46.2. The lowest BCUT2D eigenvalue weighted by molar-refractivity contribution is -0.231. The Hall–Kier alpha value is -0.360. The maximum atomic E-state index is 9.55. The highest BCUT2D eigenvalue weighted by Gasteiger charge is 2.43. The molecule has 3 unspecified atom stereocenters. The van der Waals surface area contributed by atoms with Gasteiger partial charge in [-0.2, -0.15) is 0 Å². The Bertz CT molecular complexity index is 394. The van der Waals surface area contributed by atoms with Crippen molar-refractivity contribution in [1.82, 2.24) is 0 Å². The summed E-state index contributed by atoms with van der Waals surface area (Å²) in [4.78, 5) is 0. The molecule has 156 valence electrons. The largest absolute Gasteiger partial charge is 0.394 e. The van der Waals surface area contributed by atoms with Crippen molar-refractivity contribution in [2.45, 2.75) is 75.7 Å². The molecule has 10 atom stereocenters. The molecule has 26 heavy (non-hydrogen) atoms. The standard InChI is InChI=1S/C9H18O4.C8H16O5/c1-5-6(2)13-9(7(11)4-10)8(5)12-3;1-4-6(10)8(12-2)7(11)5(3-9)13-4/h5-11H,4H2,1-3H3;4-11H,3H2,1-2H3/t5-,6-,7-,8?,9+;4-,5?,6?,7+,8-/m11/s1. The Kier molecular flexibility index (Phi) is 9.87. The second-order valence-electron chi connectivity index (χ2n) is 6.86. The monoisotopic (exact) mass is 382 g/mol. The molecule has 0 bridgehead atoms. The highest BCUT2D eigenvalue weighted by molar-refractivity contribution is 4.91. The van der Waals surface area contributed by atoms with Crippen molar-refractivity contribution >= 4 is 0 Å². The number of ether oxygens (including phenoxy) is 4. The van der Waals surface area contributed by atoms with Gasteiger partial charge in [0.05, 0.1) is 31.5 Å². The molecule has 2 aliphatic rings. The van der Waals surface area contributed by atoms with Crippen molar-refractivity contribution in [3.63, 3.8) is 0 Å². The molecular weight excluding hydrogens is 348 g/mol. The van der Waals surface area contributed by atoms with Crippen LogP contribution in [0.2, 0.25) is 0 Å². The molecule has 0 spiro atoms. The molecular formula is C17H34O9. The normalized spacial score (nSPS) is 44.3. The van der Waals surface area contributed by atoms with Crippen molar-refractivity contribution in [2.24, 2.45) is 5.92 Å². The first-order valence-electron chi connectivity index (χ1n) is 8.85. The summed E-state index contributed by atoms with van der Waals surface area (Å²) in [6.07, 6.45) is -4.97. The Morgan fingerprint density at radius 3 is 1.92 bits per heavy atom. The van der Waals surface area contributed by atoms with Crippen molar-refractivity contribution in [2.75, 3.05) is 27.4 Å². The van der Waals surface area contributed by atoms with Gasteiger partial charge in [-0.15, -0.1) is 0 Å². The van der Waals surface area contributed by atoms with Crippen LogP contribution >= 0.6 is 0 Å². The molecule has 9 nitrogen and oxygen atoms in total. The molecule has 2 rings (SSSR count). The van der Waals surface area contributed by atoms with Crippen molar-refractivity contribution in [1.29, 1.82) is 0 Å². The van der Waals surface area contributed by atoms with E-state index in [0.29, 0.717) is 0 Å². The van der Waals surface area contributed by atoms with Gasteiger partial charge in [-0.25, -0.2) is 0 Å². The van der Waals surface area contributed by atoms with E-state index in [9.17, 15) is 15.3 Å². The zero-order valence-corrected chi connectivity index (χ0v) is 16.1. The fraction of sp³-hybridized carbons (Fsp3) is 1.00. The number of hydrogen-bond donors (Lipinski definition) is 5. The van der Waals surface area contributed by atoms with Crippen LogP contribution in [0.3, 0.4) is 0 Å². The summed E-state index contributed by atoms with van der Waals surface area (Å²) in [6.45, 7) is 5.07. The van der Waals surface area contributed by atoms with Gasteiger partial charge < -0.3 is 44.5 Å². The predicted octanol–water partition coefficient (Wildman–Crippen LogP) is -1.72. The van der Waals surface area contributed by atoms with Gasteiger partial charge in [-0.1, -0.05) is 6.92 Å². The summed E-state index contributed by atoms with van der Waals surface area (Å²) in [5.41, 5.74) is 0. The highest BCUT2D eigenvalue weighted by atomic mass is 16.6. The van der Waals surface area contributed by atoms with E-state index in [2.05, 4.69) is 0 Å². The van der Waals surface area contributed by atoms with E-state index in [1.54, 1.807) is 14.0 Å². The quantitative estimate of drug-likeness (QED) is 0.376. The smallest absolute Gasteiger partial charge is 0.114 e. The summed E-state index contributed by atoms with van der Waals surface area (Å²) in [7, 11) is 3.00. The lowest BCUT2D eigenvalue weighted by atomic mass is 9.96.